The SMILES string of the molecule is CC1C=CC=c2[nH]cnc2=C1. The molecule has 2 rings (SSSR count). The molecule has 1 aromatic rings. The van der Waals surface area contributed by atoms with Crippen molar-refractivity contribution in [2.24, 2.45) is 5.92 Å². The van der Waals surface area contributed by atoms with E-state index in [0.29, 0.717) is 5.92 Å². The Kier molecular flexibility index (Phi) is 1.39. The minimum absolute atomic E-state index is 0.482. The molecule has 1 atom stereocenters. The molecule has 1 N–H and O–H groups in total. The lowest BCUT2D eigenvalue weighted by molar-refractivity contribution is 0.992. The van der Waals surface area contributed by atoms with Crippen LogP contribution in [-0.2, 0) is 0 Å². The molecule has 0 saturated heterocycles. The molecule has 0 saturated carbocycles. The van der Waals surface area contributed by atoms with Gasteiger partial charge in [-0.3, -0.25) is 0 Å². The highest BCUT2D eigenvalue weighted by Gasteiger charge is 1.95. The van der Waals surface area contributed by atoms with E-state index >= 15 is 0 Å². The summed E-state index contributed by atoms with van der Waals surface area (Å²) in [6, 6.07) is 0. The number of allylic oxidation sites excluding steroid dienone is 2. The Morgan fingerprint density at radius 3 is 3.36 bits per heavy atom. The molecule has 0 spiro atoms. The van der Waals surface area contributed by atoms with E-state index in [-0.39, 0.29) is 0 Å². The molecule has 0 fully saturated rings. The summed E-state index contributed by atoms with van der Waals surface area (Å²) in [5, 5.41) is 2.16. The highest BCUT2D eigenvalue weighted by molar-refractivity contribution is 5.42. The Morgan fingerprint density at radius 2 is 2.45 bits per heavy atom. The van der Waals surface area contributed by atoms with Gasteiger partial charge in [0.25, 0.3) is 0 Å². The maximum Gasteiger partial charge on any atom is 0.0931 e. The number of nitrogens with zero attached hydrogens (tertiary/aromatic N) is 1. The van der Waals surface area contributed by atoms with Gasteiger partial charge in [0, 0.05) is 0 Å². The van der Waals surface area contributed by atoms with E-state index in [2.05, 4.69) is 35.1 Å². The maximum atomic E-state index is 4.18. The van der Waals surface area contributed by atoms with Crippen LogP contribution in [0.5, 0.6) is 0 Å². The summed E-state index contributed by atoms with van der Waals surface area (Å²) in [7, 11) is 0. The Hall–Kier alpha value is -1.31. The molecule has 1 unspecified atom stereocenters. The monoisotopic (exact) mass is 146 g/mol. The fourth-order valence-corrected chi connectivity index (χ4v) is 1.21. The smallest absolute Gasteiger partial charge is 0.0931 e. The van der Waals surface area contributed by atoms with Crippen molar-refractivity contribution < 1.29 is 0 Å². The van der Waals surface area contributed by atoms with Crippen LogP contribution in [0.4, 0.5) is 0 Å². The van der Waals surface area contributed by atoms with Gasteiger partial charge in [-0.2, -0.15) is 0 Å². The number of hydrogen-bond acceptors (Lipinski definition) is 1. The van der Waals surface area contributed by atoms with Crippen molar-refractivity contribution in [3.8, 4) is 0 Å². The van der Waals surface area contributed by atoms with Crippen molar-refractivity contribution in [1.82, 2.24) is 9.97 Å². The summed E-state index contributed by atoms with van der Waals surface area (Å²) in [6.07, 6.45) is 10.1. The zero-order valence-corrected chi connectivity index (χ0v) is 6.41. The van der Waals surface area contributed by atoms with E-state index in [1.165, 1.54) is 0 Å². The first-order chi connectivity index (χ1) is 5.36. The van der Waals surface area contributed by atoms with Gasteiger partial charge in [0.1, 0.15) is 0 Å². The largest absolute Gasteiger partial charge is 0.345 e. The van der Waals surface area contributed by atoms with Crippen LogP contribution in [0.15, 0.2) is 18.5 Å². The van der Waals surface area contributed by atoms with Crippen LogP contribution in [-0.4, -0.2) is 9.97 Å². The minimum Gasteiger partial charge on any atom is -0.345 e. The normalized spacial score (nSPS) is 21.4. The molecule has 2 heteroatoms. The predicted molar refractivity (Wildman–Crippen MR) is 45.1 cm³/mol. The molecular formula is C9H10N2. The third-order valence-corrected chi connectivity index (χ3v) is 1.80. The van der Waals surface area contributed by atoms with Gasteiger partial charge in [0.2, 0.25) is 0 Å². The summed E-state index contributed by atoms with van der Waals surface area (Å²) in [4.78, 5) is 7.25. The highest BCUT2D eigenvalue weighted by Crippen LogP contribution is 1.98. The quantitative estimate of drug-likeness (QED) is 0.555. The topological polar surface area (TPSA) is 28.7 Å². The third kappa shape index (κ3) is 1.11. The van der Waals surface area contributed by atoms with Gasteiger partial charge in [0.05, 0.1) is 17.0 Å². The van der Waals surface area contributed by atoms with Crippen LogP contribution in [0, 0.1) is 5.92 Å². The van der Waals surface area contributed by atoms with Crippen molar-refractivity contribution in [2.75, 3.05) is 0 Å². The average molecular weight is 146 g/mol. The molecule has 11 heavy (non-hydrogen) atoms. The van der Waals surface area contributed by atoms with Gasteiger partial charge < -0.3 is 4.98 Å². The Labute approximate surface area is 65.0 Å². The molecule has 0 aromatic carbocycles. The summed E-state index contributed by atoms with van der Waals surface area (Å²) in [5.41, 5.74) is 0. The summed E-state index contributed by atoms with van der Waals surface area (Å²) >= 11 is 0. The lowest BCUT2D eigenvalue weighted by Crippen LogP contribution is -2.23. The van der Waals surface area contributed by atoms with Crippen LogP contribution in [0.25, 0.3) is 12.2 Å². The number of rotatable bonds is 0. The fraction of sp³-hybridized carbons (Fsp3) is 0.222. The summed E-state index contributed by atoms with van der Waals surface area (Å²) in [6.45, 7) is 2.15. The molecule has 2 nitrogen and oxygen atoms in total. The first-order valence-corrected chi connectivity index (χ1v) is 3.76. The molecule has 0 bridgehead atoms. The molecule has 1 heterocycles. The number of imidazole rings is 1. The first-order valence-electron chi connectivity index (χ1n) is 3.76. The first kappa shape index (κ1) is 6.40. The molecule has 0 aliphatic heterocycles. The fourth-order valence-electron chi connectivity index (χ4n) is 1.21. The number of nitrogens with one attached hydrogen (secondary N) is 1. The van der Waals surface area contributed by atoms with Crippen LogP contribution < -0.4 is 10.7 Å². The van der Waals surface area contributed by atoms with Crippen molar-refractivity contribution in [3.63, 3.8) is 0 Å². The molecular weight excluding hydrogens is 136 g/mol. The average Bonchev–Trinajstić information content (AvgIpc) is 2.31. The van der Waals surface area contributed by atoms with Crippen LogP contribution in [0.1, 0.15) is 6.92 Å². The van der Waals surface area contributed by atoms with Crippen LogP contribution in [0.3, 0.4) is 0 Å². The van der Waals surface area contributed by atoms with Crippen LogP contribution >= 0.6 is 0 Å². The molecule has 0 radical (unpaired) electrons. The lowest BCUT2D eigenvalue weighted by Gasteiger charge is -1.91. The highest BCUT2D eigenvalue weighted by atomic mass is 14.8. The molecule has 0 amide bonds. The number of hydrogen-bond donors (Lipinski definition) is 1. The molecule has 1 aliphatic carbocycles. The van der Waals surface area contributed by atoms with Crippen molar-refractivity contribution >= 4 is 12.2 Å². The number of aromatic amines is 1. The predicted octanol–water partition coefficient (Wildman–Crippen LogP) is 0.177. The zero-order chi connectivity index (χ0) is 7.68. The number of H-pyrrole nitrogens is 1. The van der Waals surface area contributed by atoms with Gasteiger partial charge in [-0.15, -0.1) is 0 Å². The second kappa shape index (κ2) is 2.38. The minimum atomic E-state index is 0.482. The molecule has 1 aromatic heterocycles. The summed E-state index contributed by atoms with van der Waals surface area (Å²) in [5.74, 6) is 0.482. The van der Waals surface area contributed by atoms with Gasteiger partial charge in [-0.25, -0.2) is 4.98 Å². The van der Waals surface area contributed by atoms with Gasteiger partial charge in [-0.05, 0) is 18.1 Å². The maximum absolute atomic E-state index is 4.18. The number of aromatic nitrogens is 2. The molecule has 56 valence electrons. The zero-order valence-electron chi connectivity index (χ0n) is 6.41. The van der Waals surface area contributed by atoms with Gasteiger partial charge >= 0.3 is 0 Å². The van der Waals surface area contributed by atoms with E-state index in [0.717, 1.165) is 10.7 Å². The Bertz CT molecular complexity index is 384. The van der Waals surface area contributed by atoms with E-state index in [1.807, 2.05) is 6.08 Å². The van der Waals surface area contributed by atoms with Crippen molar-refractivity contribution in [2.45, 2.75) is 6.92 Å². The second-order valence-corrected chi connectivity index (χ2v) is 2.78. The van der Waals surface area contributed by atoms with E-state index in [4.69, 9.17) is 0 Å². The van der Waals surface area contributed by atoms with Gasteiger partial charge in [0.15, 0.2) is 0 Å². The van der Waals surface area contributed by atoms with E-state index in [9.17, 15) is 0 Å². The van der Waals surface area contributed by atoms with E-state index in [1.54, 1.807) is 6.33 Å². The van der Waals surface area contributed by atoms with Gasteiger partial charge in [-0.1, -0.05) is 19.1 Å². The van der Waals surface area contributed by atoms with E-state index < -0.39 is 0 Å². The van der Waals surface area contributed by atoms with Crippen molar-refractivity contribution in [3.05, 3.63) is 29.2 Å². The standard InChI is InChI=1S/C9H10N2/c1-7-3-2-4-8-9(5-7)11-6-10-8/h2-7H,1H3,(H,10,11). The number of fused-ring (bicyclic) bond motifs is 1. The second-order valence-electron chi connectivity index (χ2n) is 2.78. The van der Waals surface area contributed by atoms with Crippen LogP contribution in [0.2, 0.25) is 0 Å². The lowest BCUT2D eigenvalue weighted by atomic mass is 10.2. The summed E-state index contributed by atoms with van der Waals surface area (Å²) < 4.78 is 0. The molecule has 1 aliphatic rings. The Morgan fingerprint density at radius 1 is 1.55 bits per heavy atom. The van der Waals surface area contributed by atoms with Crippen molar-refractivity contribution in [1.29, 1.82) is 0 Å². The Balaban J connectivity index is 2.74. The third-order valence-electron chi connectivity index (χ3n) is 1.80.